The van der Waals surface area contributed by atoms with Crippen LogP contribution in [0.15, 0.2) is 12.1 Å². The van der Waals surface area contributed by atoms with E-state index in [1.54, 1.807) is 9.80 Å². The average molecular weight is 1160 g/mol. The highest BCUT2D eigenvalue weighted by atomic mass is 16.6. The van der Waals surface area contributed by atoms with Crippen LogP contribution in [0.3, 0.4) is 0 Å². The van der Waals surface area contributed by atoms with Gasteiger partial charge in [0, 0.05) is 78.5 Å². The van der Waals surface area contributed by atoms with Crippen molar-refractivity contribution in [1.82, 2.24) is 40.9 Å². The Hall–Kier alpha value is -5.24. The van der Waals surface area contributed by atoms with E-state index < -0.39 is 59.0 Å². The van der Waals surface area contributed by atoms with Crippen LogP contribution >= 0.6 is 0 Å². The summed E-state index contributed by atoms with van der Waals surface area (Å²) in [4.78, 5) is 81.0. The van der Waals surface area contributed by atoms with Crippen LogP contribution in [0.4, 0.5) is 28.8 Å². The van der Waals surface area contributed by atoms with E-state index in [-0.39, 0.29) is 10.8 Å². The Kier molecular flexibility index (Phi) is 32.6. The van der Waals surface area contributed by atoms with Gasteiger partial charge in [-0.15, -0.1) is 0 Å². The zero-order chi connectivity index (χ0) is 62.5. The molecule has 20 heteroatoms. The molecule has 0 aromatic heterocycles. The first-order chi connectivity index (χ1) is 37.8. The maximum absolute atomic E-state index is 13.1. The van der Waals surface area contributed by atoms with Crippen molar-refractivity contribution in [2.75, 3.05) is 78.5 Å². The SMILES string of the molecule is CC(C)(C)OC(=O)NCCCCN(CCCCN(CCCCNCc1ccc(C(C)(C)C)c(CNCCCCN(CCCCN(CCCCNC(=O)OC(C)(C)C)C(=O)OC(C)(C)C)C(=O)O)c1C(C)(C)C)C(=O)O)C(=O)OC(C)(C)C. The highest BCUT2D eigenvalue weighted by molar-refractivity contribution is 5.69. The Morgan fingerprint density at radius 3 is 1.00 bits per heavy atom. The zero-order valence-electron chi connectivity index (χ0n) is 54.3. The van der Waals surface area contributed by atoms with Gasteiger partial charge in [0.2, 0.25) is 0 Å². The van der Waals surface area contributed by atoms with Gasteiger partial charge in [-0.05, 0) is 206 Å². The first-order valence-electron chi connectivity index (χ1n) is 30.2. The molecule has 1 aromatic carbocycles. The fourth-order valence-electron chi connectivity index (χ4n) is 9.13. The molecule has 6 N–H and O–H groups in total. The van der Waals surface area contributed by atoms with E-state index in [2.05, 4.69) is 74.9 Å². The first-order valence-corrected chi connectivity index (χ1v) is 30.2. The molecule has 0 fully saturated rings. The van der Waals surface area contributed by atoms with Gasteiger partial charge in [0.1, 0.15) is 22.4 Å². The van der Waals surface area contributed by atoms with Crippen molar-refractivity contribution in [3.05, 3.63) is 34.4 Å². The van der Waals surface area contributed by atoms with Crippen LogP contribution in [-0.4, -0.2) is 167 Å². The van der Waals surface area contributed by atoms with Crippen molar-refractivity contribution in [3.8, 4) is 0 Å². The Labute approximate surface area is 494 Å². The maximum atomic E-state index is 13.1. The molecular formula is C62H114N8O12. The van der Waals surface area contributed by atoms with Crippen LogP contribution < -0.4 is 21.3 Å². The summed E-state index contributed by atoms with van der Waals surface area (Å²) >= 11 is 0. The molecule has 0 saturated heterocycles. The smallest absolute Gasteiger partial charge is 0.410 e. The molecule has 1 rings (SSSR count). The minimum Gasteiger partial charge on any atom is -0.465 e. The number of hydrogen-bond donors (Lipinski definition) is 6. The molecule has 0 atom stereocenters. The van der Waals surface area contributed by atoms with Gasteiger partial charge in [0.25, 0.3) is 0 Å². The summed E-state index contributed by atoms with van der Waals surface area (Å²) in [5.41, 5.74) is 2.33. The number of alkyl carbamates (subject to hydrolysis) is 2. The molecule has 0 saturated carbocycles. The van der Waals surface area contributed by atoms with Gasteiger partial charge < -0.3 is 70.0 Å². The second kappa shape index (κ2) is 35.8. The van der Waals surface area contributed by atoms with Gasteiger partial charge in [-0.2, -0.15) is 0 Å². The van der Waals surface area contributed by atoms with E-state index in [4.69, 9.17) is 18.9 Å². The minimum atomic E-state index is -0.962. The number of benzene rings is 1. The Bertz CT molecular complexity index is 2080. The van der Waals surface area contributed by atoms with Gasteiger partial charge in [-0.3, -0.25) is 0 Å². The van der Waals surface area contributed by atoms with E-state index in [1.807, 2.05) is 83.1 Å². The number of amides is 6. The van der Waals surface area contributed by atoms with Crippen molar-refractivity contribution in [3.63, 3.8) is 0 Å². The lowest BCUT2D eigenvalue weighted by atomic mass is 9.74. The predicted octanol–water partition coefficient (Wildman–Crippen LogP) is 12.6. The van der Waals surface area contributed by atoms with E-state index in [0.717, 1.165) is 25.9 Å². The van der Waals surface area contributed by atoms with Gasteiger partial charge in [0.15, 0.2) is 0 Å². The first kappa shape index (κ1) is 74.8. The summed E-state index contributed by atoms with van der Waals surface area (Å²) in [6.45, 7) is 42.1. The summed E-state index contributed by atoms with van der Waals surface area (Å²) in [5, 5.41) is 33.0. The third-order valence-electron chi connectivity index (χ3n) is 12.7. The predicted molar refractivity (Wildman–Crippen MR) is 326 cm³/mol. The molecule has 0 spiro atoms. The third kappa shape index (κ3) is 35.0. The molecule has 474 valence electrons. The Morgan fingerprint density at radius 2 is 0.695 bits per heavy atom. The van der Waals surface area contributed by atoms with E-state index >= 15 is 0 Å². The molecule has 0 aliphatic carbocycles. The minimum absolute atomic E-state index is 0.105. The number of rotatable bonds is 34. The number of carbonyl (C=O) groups excluding carboxylic acids is 4. The van der Waals surface area contributed by atoms with Crippen molar-refractivity contribution in [1.29, 1.82) is 0 Å². The van der Waals surface area contributed by atoms with E-state index in [9.17, 15) is 39.0 Å². The molecule has 82 heavy (non-hydrogen) atoms. The Morgan fingerprint density at radius 1 is 0.390 bits per heavy atom. The normalized spacial score (nSPS) is 12.3. The second-order valence-electron chi connectivity index (χ2n) is 27.6. The van der Waals surface area contributed by atoms with Crippen LogP contribution in [0.25, 0.3) is 0 Å². The quantitative estimate of drug-likeness (QED) is 0.0278. The number of ether oxygens (including phenoxy) is 4. The molecule has 0 bridgehead atoms. The fourth-order valence-corrected chi connectivity index (χ4v) is 9.13. The number of carboxylic acid groups (broad SMARTS) is 2. The standard InChI is InChI=1S/C62H114N8O12/c1-57(2,3)49-32-31-47(45-63-33-19-23-37-67(53(73)74)39-27-29-43-69(55(77)81-61(13,14)15)41-25-21-35-65-51(71)79-59(7,8)9)50(58(4,5)6)48(49)46-64-34-20-24-38-68(54(75)76)40-28-30-44-70(56(78)82-62(16,17)18)42-26-22-36-66-52(72)80-60(10,11)12/h31-32,63-64H,19-30,33-46H2,1-18H3,(H,65,71)(H,66,72)(H,73,74)(H,75,76). The van der Waals surface area contributed by atoms with Crippen LogP contribution in [0.2, 0.25) is 0 Å². The van der Waals surface area contributed by atoms with Crippen LogP contribution in [-0.2, 0) is 42.9 Å². The molecule has 1 aromatic rings. The maximum Gasteiger partial charge on any atom is 0.410 e. The molecule has 0 aliphatic heterocycles. The third-order valence-corrected chi connectivity index (χ3v) is 12.7. The van der Waals surface area contributed by atoms with E-state index in [1.165, 1.54) is 32.1 Å². The monoisotopic (exact) mass is 1160 g/mol. The van der Waals surface area contributed by atoms with Crippen LogP contribution in [0.5, 0.6) is 0 Å². The molecular weight excluding hydrogens is 1050 g/mol. The van der Waals surface area contributed by atoms with Crippen molar-refractivity contribution >= 4 is 36.6 Å². The van der Waals surface area contributed by atoms with Crippen LogP contribution in [0.1, 0.15) is 224 Å². The molecule has 0 heterocycles. The van der Waals surface area contributed by atoms with Crippen molar-refractivity contribution < 1.29 is 57.9 Å². The highest BCUT2D eigenvalue weighted by Crippen LogP contribution is 2.36. The highest BCUT2D eigenvalue weighted by Gasteiger charge is 2.29. The fraction of sp³-hybridized carbons (Fsp3) is 0.806. The lowest BCUT2D eigenvalue weighted by Gasteiger charge is -2.33. The molecule has 6 amide bonds. The number of unbranched alkanes of at least 4 members (excludes halogenated alkanes) is 6. The van der Waals surface area contributed by atoms with Gasteiger partial charge in [-0.25, -0.2) is 28.8 Å². The molecule has 0 aliphatic rings. The summed E-state index contributed by atoms with van der Waals surface area (Å²) in [6, 6.07) is 4.49. The lowest BCUT2D eigenvalue weighted by Crippen LogP contribution is -2.39. The summed E-state index contributed by atoms with van der Waals surface area (Å²) < 4.78 is 21.9. The molecule has 0 unspecified atom stereocenters. The van der Waals surface area contributed by atoms with Crippen LogP contribution in [0, 0.1) is 0 Å². The summed E-state index contributed by atoms with van der Waals surface area (Å²) in [7, 11) is 0. The lowest BCUT2D eigenvalue weighted by molar-refractivity contribution is 0.0232. The van der Waals surface area contributed by atoms with Crippen molar-refractivity contribution in [2.45, 2.75) is 248 Å². The van der Waals surface area contributed by atoms with Crippen molar-refractivity contribution in [2.24, 2.45) is 0 Å². The number of hydrogen-bond acceptors (Lipinski definition) is 12. The molecule has 20 nitrogen and oxygen atoms in total. The number of nitrogens with one attached hydrogen (secondary N) is 4. The number of carbonyl (C=O) groups is 6. The largest absolute Gasteiger partial charge is 0.465 e. The summed E-state index contributed by atoms with van der Waals surface area (Å²) in [5.74, 6) is 0. The average Bonchev–Trinajstić information content (AvgIpc) is 3.51. The topological polar surface area (TPSA) is 241 Å². The second-order valence-corrected chi connectivity index (χ2v) is 27.6. The molecule has 0 radical (unpaired) electrons. The van der Waals surface area contributed by atoms with Gasteiger partial charge >= 0.3 is 36.6 Å². The van der Waals surface area contributed by atoms with Gasteiger partial charge in [0.05, 0.1) is 0 Å². The van der Waals surface area contributed by atoms with E-state index in [0.29, 0.717) is 143 Å². The Balaban J connectivity index is 2.78. The zero-order valence-corrected chi connectivity index (χ0v) is 54.3. The van der Waals surface area contributed by atoms with Gasteiger partial charge in [-0.1, -0.05) is 53.7 Å². The number of nitrogens with zero attached hydrogens (tertiary/aromatic N) is 4. The summed E-state index contributed by atoms with van der Waals surface area (Å²) in [6.07, 6.45) is 4.28.